The second kappa shape index (κ2) is 3.69. The second-order valence-electron chi connectivity index (χ2n) is 2.09. The van der Waals surface area contributed by atoms with Crippen LogP contribution in [0.25, 0.3) is 0 Å². The molecule has 0 aliphatic carbocycles. The summed E-state index contributed by atoms with van der Waals surface area (Å²) in [6.07, 6.45) is 0. The summed E-state index contributed by atoms with van der Waals surface area (Å²) < 4.78 is 13.7. The van der Waals surface area contributed by atoms with E-state index in [-0.39, 0.29) is 9.13 Å². The standard InChI is InChI=1S/C7H4BrFINO/c8-4-2-1-3(7(11)12)6(10)5(4)9/h1-2H,(H2,11,12). The molecule has 0 bridgehead atoms. The van der Waals surface area contributed by atoms with Crippen LogP contribution >= 0.6 is 38.5 Å². The molecular weight excluding hydrogens is 340 g/mol. The van der Waals surface area contributed by atoms with Crippen LogP contribution in [0.1, 0.15) is 10.4 Å². The highest BCUT2D eigenvalue weighted by Gasteiger charge is 2.12. The SMILES string of the molecule is NC(=O)c1ccc(Br)c(F)c1I. The maximum Gasteiger partial charge on any atom is 0.249 e. The fraction of sp³-hybridized carbons (Fsp3) is 0. The number of halogens is 3. The minimum atomic E-state index is -0.620. The van der Waals surface area contributed by atoms with Gasteiger partial charge in [-0.05, 0) is 50.7 Å². The molecule has 0 radical (unpaired) electrons. The Balaban J connectivity index is 3.36. The summed E-state index contributed by atoms with van der Waals surface area (Å²) in [5, 5.41) is 0. The van der Waals surface area contributed by atoms with Gasteiger partial charge in [0.1, 0.15) is 0 Å². The lowest BCUT2D eigenvalue weighted by molar-refractivity contribution is 0.0999. The molecule has 5 heteroatoms. The smallest absolute Gasteiger partial charge is 0.249 e. The molecule has 0 aliphatic rings. The lowest BCUT2D eigenvalue weighted by atomic mass is 10.2. The van der Waals surface area contributed by atoms with Crippen LogP contribution < -0.4 is 5.73 Å². The third kappa shape index (κ3) is 1.77. The van der Waals surface area contributed by atoms with Gasteiger partial charge in [-0.2, -0.15) is 0 Å². The van der Waals surface area contributed by atoms with Gasteiger partial charge in [0.25, 0.3) is 0 Å². The quantitative estimate of drug-likeness (QED) is 0.617. The van der Waals surface area contributed by atoms with Gasteiger partial charge < -0.3 is 5.73 Å². The highest BCUT2D eigenvalue weighted by atomic mass is 127. The molecule has 0 atom stereocenters. The molecule has 0 aromatic heterocycles. The van der Waals surface area contributed by atoms with Gasteiger partial charge in [-0.25, -0.2) is 4.39 Å². The Labute approximate surface area is 90.6 Å². The average molecular weight is 344 g/mol. The van der Waals surface area contributed by atoms with Gasteiger partial charge in [0.15, 0.2) is 5.82 Å². The van der Waals surface area contributed by atoms with Crippen LogP contribution in [0.4, 0.5) is 4.39 Å². The van der Waals surface area contributed by atoms with E-state index in [1.165, 1.54) is 12.1 Å². The van der Waals surface area contributed by atoms with Crippen molar-refractivity contribution in [1.29, 1.82) is 0 Å². The van der Waals surface area contributed by atoms with Crippen molar-refractivity contribution in [3.8, 4) is 0 Å². The van der Waals surface area contributed by atoms with Crippen molar-refractivity contribution in [3.63, 3.8) is 0 Å². The van der Waals surface area contributed by atoms with Crippen molar-refractivity contribution in [2.45, 2.75) is 0 Å². The minimum absolute atomic E-state index is 0.205. The number of amides is 1. The van der Waals surface area contributed by atoms with Gasteiger partial charge in [0.05, 0.1) is 13.6 Å². The number of carbonyl (C=O) groups excluding carboxylic acids is 1. The Kier molecular flexibility index (Phi) is 3.05. The molecule has 12 heavy (non-hydrogen) atoms. The van der Waals surface area contributed by atoms with Crippen LogP contribution in [0, 0.1) is 9.39 Å². The molecule has 1 amide bonds. The van der Waals surface area contributed by atoms with E-state index in [1.54, 1.807) is 22.6 Å². The number of hydrogen-bond acceptors (Lipinski definition) is 1. The molecular formula is C7H4BrFINO. The molecule has 0 fully saturated rings. The molecule has 0 unspecified atom stereocenters. The third-order valence-electron chi connectivity index (χ3n) is 1.30. The van der Waals surface area contributed by atoms with Crippen molar-refractivity contribution < 1.29 is 9.18 Å². The fourth-order valence-corrected chi connectivity index (χ4v) is 2.15. The van der Waals surface area contributed by atoms with Crippen LogP contribution in [-0.2, 0) is 0 Å². The van der Waals surface area contributed by atoms with E-state index in [0.717, 1.165) is 0 Å². The number of carbonyl (C=O) groups is 1. The largest absolute Gasteiger partial charge is 0.366 e. The van der Waals surface area contributed by atoms with Crippen LogP contribution in [0.5, 0.6) is 0 Å². The van der Waals surface area contributed by atoms with Crippen LogP contribution in [0.15, 0.2) is 16.6 Å². The van der Waals surface area contributed by atoms with E-state index in [2.05, 4.69) is 15.9 Å². The Morgan fingerprint density at radius 3 is 2.67 bits per heavy atom. The van der Waals surface area contributed by atoms with E-state index >= 15 is 0 Å². The maximum atomic E-state index is 13.1. The van der Waals surface area contributed by atoms with Crippen molar-refractivity contribution in [3.05, 3.63) is 31.6 Å². The normalized spacial score (nSPS) is 9.92. The summed E-state index contributed by atoms with van der Waals surface area (Å²) in [6, 6.07) is 2.94. The summed E-state index contributed by atoms with van der Waals surface area (Å²) in [4.78, 5) is 10.7. The monoisotopic (exact) mass is 343 g/mol. The van der Waals surface area contributed by atoms with E-state index < -0.39 is 11.7 Å². The molecule has 2 nitrogen and oxygen atoms in total. The molecule has 0 saturated heterocycles. The Morgan fingerprint density at radius 1 is 1.58 bits per heavy atom. The first-order valence-electron chi connectivity index (χ1n) is 2.97. The number of hydrogen-bond donors (Lipinski definition) is 1. The van der Waals surface area contributed by atoms with Crippen molar-refractivity contribution in [2.24, 2.45) is 5.73 Å². The Morgan fingerprint density at radius 2 is 2.17 bits per heavy atom. The zero-order valence-electron chi connectivity index (χ0n) is 5.77. The minimum Gasteiger partial charge on any atom is -0.366 e. The molecule has 1 rings (SSSR count). The van der Waals surface area contributed by atoms with E-state index in [1.807, 2.05) is 0 Å². The van der Waals surface area contributed by atoms with Crippen LogP contribution in [0.2, 0.25) is 0 Å². The first kappa shape index (κ1) is 9.91. The highest BCUT2D eigenvalue weighted by Crippen LogP contribution is 2.23. The van der Waals surface area contributed by atoms with Gasteiger partial charge in [-0.1, -0.05) is 0 Å². The van der Waals surface area contributed by atoms with Crippen LogP contribution in [0.3, 0.4) is 0 Å². The first-order chi connectivity index (χ1) is 5.54. The number of nitrogens with two attached hydrogens (primary N) is 1. The summed E-state index contributed by atoms with van der Waals surface area (Å²) in [6.45, 7) is 0. The maximum absolute atomic E-state index is 13.1. The number of rotatable bonds is 1. The lowest BCUT2D eigenvalue weighted by Gasteiger charge is -2.01. The zero-order chi connectivity index (χ0) is 9.30. The van der Waals surface area contributed by atoms with E-state index in [0.29, 0.717) is 4.47 Å². The van der Waals surface area contributed by atoms with E-state index in [9.17, 15) is 9.18 Å². The number of primary amides is 1. The molecule has 2 N–H and O–H groups in total. The van der Waals surface area contributed by atoms with Gasteiger partial charge in [0.2, 0.25) is 5.91 Å². The predicted molar refractivity (Wildman–Crippen MR) is 55.3 cm³/mol. The summed E-state index contributed by atoms with van der Waals surface area (Å²) >= 11 is 4.74. The highest BCUT2D eigenvalue weighted by molar-refractivity contribution is 14.1. The van der Waals surface area contributed by atoms with E-state index in [4.69, 9.17) is 5.73 Å². The van der Waals surface area contributed by atoms with Gasteiger partial charge in [-0.15, -0.1) is 0 Å². The first-order valence-corrected chi connectivity index (χ1v) is 4.84. The average Bonchev–Trinajstić information content (AvgIpc) is 2.00. The second-order valence-corrected chi connectivity index (χ2v) is 4.02. The van der Waals surface area contributed by atoms with Gasteiger partial charge >= 0.3 is 0 Å². The van der Waals surface area contributed by atoms with Gasteiger partial charge in [0, 0.05) is 0 Å². The molecule has 0 heterocycles. The zero-order valence-corrected chi connectivity index (χ0v) is 9.52. The summed E-state index contributed by atoms with van der Waals surface area (Å²) in [5.74, 6) is -1.07. The Bertz CT molecular complexity index is 342. The molecule has 0 spiro atoms. The summed E-state index contributed by atoms with van der Waals surface area (Å²) in [7, 11) is 0. The lowest BCUT2D eigenvalue weighted by Crippen LogP contribution is -2.13. The molecule has 64 valence electrons. The van der Waals surface area contributed by atoms with Gasteiger partial charge in [-0.3, -0.25) is 4.79 Å². The predicted octanol–water partition coefficient (Wildman–Crippen LogP) is 2.29. The van der Waals surface area contributed by atoms with Crippen LogP contribution in [-0.4, -0.2) is 5.91 Å². The fourth-order valence-electron chi connectivity index (χ4n) is 0.716. The van der Waals surface area contributed by atoms with Crippen molar-refractivity contribution in [1.82, 2.24) is 0 Å². The number of benzene rings is 1. The molecule has 1 aromatic carbocycles. The molecule has 0 aliphatic heterocycles. The van der Waals surface area contributed by atoms with Crippen molar-refractivity contribution >= 4 is 44.4 Å². The molecule has 1 aromatic rings. The van der Waals surface area contributed by atoms with Crippen molar-refractivity contribution in [2.75, 3.05) is 0 Å². The third-order valence-corrected chi connectivity index (χ3v) is 2.97. The summed E-state index contributed by atoms with van der Waals surface area (Å²) in [5.41, 5.74) is 5.21. The molecule has 0 saturated carbocycles. The topological polar surface area (TPSA) is 43.1 Å². The Hall–Kier alpha value is -0.170.